The van der Waals surface area contributed by atoms with Gasteiger partial charge in [0.25, 0.3) is 0 Å². The average Bonchev–Trinajstić information content (AvgIpc) is 2.63. The van der Waals surface area contributed by atoms with Crippen LogP contribution in [-0.4, -0.2) is 112 Å². The quantitative estimate of drug-likeness (QED) is 0.222. The maximum atomic E-state index is 11.5. The third-order valence-corrected chi connectivity index (χ3v) is 4.87. The molecule has 13 nitrogen and oxygen atoms in total. The number of carbonyl (C=O) groups excluding carboxylic acids is 1. The van der Waals surface area contributed by atoms with Crippen LogP contribution in [0.25, 0.3) is 0 Å². The Morgan fingerprint density at radius 2 is 1.69 bits per heavy atom. The molecule has 0 aromatic rings. The van der Waals surface area contributed by atoms with Gasteiger partial charge in [0.05, 0.1) is 18.8 Å². The minimum absolute atomic E-state index is 0. The van der Waals surface area contributed by atoms with Crippen molar-refractivity contribution in [2.75, 3.05) is 13.7 Å². The third kappa shape index (κ3) is 5.39. The van der Waals surface area contributed by atoms with Crippen molar-refractivity contribution in [1.29, 1.82) is 0 Å². The second-order valence-electron chi connectivity index (χ2n) is 6.82. The fraction of sp³-hybridized carbons (Fsp3) is 0.875. The summed E-state index contributed by atoms with van der Waals surface area (Å²) >= 11 is 0. The van der Waals surface area contributed by atoms with E-state index in [0.717, 1.165) is 7.11 Å². The third-order valence-electron chi connectivity index (χ3n) is 4.87. The molecule has 0 saturated carbocycles. The molecule has 9 N–H and O–H groups in total. The van der Waals surface area contributed by atoms with Gasteiger partial charge in [-0.25, -0.2) is 4.79 Å². The highest BCUT2D eigenvalue weighted by molar-refractivity contribution is 5.73. The molecule has 0 radical (unpaired) electrons. The van der Waals surface area contributed by atoms with E-state index in [1.807, 2.05) is 0 Å². The molecule has 29 heavy (non-hydrogen) atoms. The van der Waals surface area contributed by atoms with Gasteiger partial charge in [-0.15, -0.1) is 0 Å². The lowest BCUT2D eigenvalue weighted by Crippen LogP contribution is -2.67. The fourth-order valence-corrected chi connectivity index (χ4v) is 3.45. The predicted octanol–water partition coefficient (Wildman–Crippen LogP) is -3.27. The SMILES string of the molecule is CO[C@H]1[C@H](O)[C@@H](O)[C@H](O[C@H]2[C@H](O)[C@@H](CO)O[C@@H](C)[C@@H]2NC(C)=O)O[C@@H]1C(=O)O.N. The standard InChI is InChI=1S/C16H27NO11.H3N/c1-5-8(17-6(2)19)12(9(20)7(4-18)26-5)27-16-11(22)10(21)13(25-3)14(28-16)15(23)24;/h5,7-14,16,18,20-22H,4H2,1-3H3,(H,17,19)(H,23,24);1H3/t5-,7+,8-,9+,10+,11+,12+,13-,14-,16+;/m0./s1. The highest BCUT2D eigenvalue weighted by atomic mass is 16.7. The number of aliphatic hydroxyl groups excluding tert-OH is 4. The van der Waals surface area contributed by atoms with Crippen LogP contribution in [0.2, 0.25) is 0 Å². The van der Waals surface area contributed by atoms with Crippen molar-refractivity contribution < 1.29 is 54.1 Å². The second-order valence-corrected chi connectivity index (χ2v) is 6.82. The van der Waals surface area contributed by atoms with E-state index in [1.165, 1.54) is 6.92 Å². The van der Waals surface area contributed by atoms with Crippen LogP contribution >= 0.6 is 0 Å². The highest BCUT2D eigenvalue weighted by Crippen LogP contribution is 2.30. The van der Waals surface area contributed by atoms with E-state index in [4.69, 9.17) is 18.9 Å². The molecular weight excluding hydrogens is 396 g/mol. The zero-order chi connectivity index (χ0) is 21.2. The lowest BCUT2D eigenvalue weighted by molar-refractivity contribution is -0.327. The van der Waals surface area contributed by atoms with Crippen LogP contribution in [-0.2, 0) is 28.5 Å². The number of methoxy groups -OCH3 is 1. The van der Waals surface area contributed by atoms with Gasteiger partial charge < -0.3 is 55.9 Å². The summed E-state index contributed by atoms with van der Waals surface area (Å²) in [4.78, 5) is 23.0. The normalized spacial score (nSPS) is 42.6. The topological polar surface area (TPSA) is 219 Å². The summed E-state index contributed by atoms with van der Waals surface area (Å²) in [6.07, 6.45) is -12.4. The molecule has 2 aliphatic heterocycles. The van der Waals surface area contributed by atoms with Gasteiger partial charge in [-0.1, -0.05) is 0 Å². The average molecular weight is 426 g/mol. The van der Waals surface area contributed by atoms with Gasteiger partial charge in [0.1, 0.15) is 36.6 Å². The molecule has 2 rings (SSSR count). The summed E-state index contributed by atoms with van der Waals surface area (Å²) in [7, 11) is 1.16. The molecule has 0 aromatic carbocycles. The first-order chi connectivity index (χ1) is 13.1. The molecule has 10 atom stereocenters. The molecule has 0 aliphatic carbocycles. The van der Waals surface area contributed by atoms with Gasteiger partial charge in [0.2, 0.25) is 5.91 Å². The maximum absolute atomic E-state index is 11.5. The zero-order valence-electron chi connectivity index (χ0n) is 16.4. The number of carbonyl (C=O) groups is 2. The molecule has 0 bridgehead atoms. The summed E-state index contributed by atoms with van der Waals surface area (Å²) in [6, 6.07) is -0.897. The van der Waals surface area contributed by atoms with E-state index in [0.29, 0.717) is 0 Å². The number of ether oxygens (including phenoxy) is 4. The first-order valence-corrected chi connectivity index (χ1v) is 8.76. The first kappa shape index (κ1) is 25.6. The Morgan fingerprint density at radius 1 is 1.07 bits per heavy atom. The molecule has 0 unspecified atom stereocenters. The molecule has 2 aliphatic rings. The van der Waals surface area contributed by atoms with E-state index in [2.05, 4.69) is 5.32 Å². The predicted molar refractivity (Wildman–Crippen MR) is 94.0 cm³/mol. The maximum Gasteiger partial charge on any atom is 0.335 e. The molecule has 0 spiro atoms. The highest BCUT2D eigenvalue weighted by Gasteiger charge is 2.52. The lowest BCUT2D eigenvalue weighted by Gasteiger charge is -2.47. The van der Waals surface area contributed by atoms with Gasteiger partial charge in [0, 0.05) is 14.0 Å². The Bertz CT molecular complexity index is 565. The minimum Gasteiger partial charge on any atom is -0.479 e. The number of amides is 1. The van der Waals surface area contributed by atoms with E-state index < -0.39 is 79.6 Å². The van der Waals surface area contributed by atoms with Crippen LogP contribution < -0.4 is 11.5 Å². The van der Waals surface area contributed by atoms with Crippen molar-refractivity contribution in [1.82, 2.24) is 11.5 Å². The molecule has 2 heterocycles. The van der Waals surface area contributed by atoms with Gasteiger partial charge in [-0.2, -0.15) is 0 Å². The first-order valence-electron chi connectivity index (χ1n) is 8.76. The van der Waals surface area contributed by atoms with Crippen LogP contribution in [0.15, 0.2) is 0 Å². The number of nitrogens with one attached hydrogen (secondary N) is 1. The largest absolute Gasteiger partial charge is 0.479 e. The number of aliphatic hydroxyl groups is 4. The Labute approximate surface area is 167 Å². The molecule has 2 saturated heterocycles. The fourth-order valence-electron chi connectivity index (χ4n) is 3.45. The molecular formula is C16H30N2O11. The molecule has 1 amide bonds. The van der Waals surface area contributed by atoms with Crippen molar-refractivity contribution in [2.45, 2.75) is 75.0 Å². The number of rotatable bonds is 6. The van der Waals surface area contributed by atoms with E-state index in [-0.39, 0.29) is 6.15 Å². The smallest absolute Gasteiger partial charge is 0.335 e. The van der Waals surface area contributed by atoms with Crippen molar-refractivity contribution >= 4 is 11.9 Å². The number of carboxylic acids is 1. The summed E-state index contributed by atoms with van der Waals surface area (Å²) in [5, 5.41) is 52.2. The second kappa shape index (κ2) is 10.6. The zero-order valence-corrected chi connectivity index (χ0v) is 16.4. The van der Waals surface area contributed by atoms with Crippen molar-refractivity contribution in [2.24, 2.45) is 0 Å². The van der Waals surface area contributed by atoms with E-state index in [9.17, 15) is 35.1 Å². The summed E-state index contributed by atoms with van der Waals surface area (Å²) < 4.78 is 21.2. The Hall–Kier alpha value is -1.42. The number of aliphatic carboxylic acids is 1. The van der Waals surface area contributed by atoms with Crippen LogP contribution in [0.4, 0.5) is 0 Å². The number of hydrogen-bond acceptors (Lipinski definition) is 11. The van der Waals surface area contributed by atoms with Crippen molar-refractivity contribution in [3.8, 4) is 0 Å². The summed E-state index contributed by atoms with van der Waals surface area (Å²) in [6.45, 7) is 2.28. The van der Waals surface area contributed by atoms with E-state index in [1.54, 1.807) is 6.92 Å². The van der Waals surface area contributed by atoms with Crippen molar-refractivity contribution in [3.63, 3.8) is 0 Å². The molecule has 2 fully saturated rings. The van der Waals surface area contributed by atoms with Crippen LogP contribution in [0, 0.1) is 0 Å². The minimum atomic E-state index is -1.70. The number of hydrogen-bond donors (Lipinski definition) is 7. The lowest BCUT2D eigenvalue weighted by atomic mass is 9.92. The Balaban J connectivity index is 0.00000420. The van der Waals surface area contributed by atoms with Crippen LogP contribution in [0.5, 0.6) is 0 Å². The number of carboxylic acid groups (broad SMARTS) is 1. The summed E-state index contributed by atoms with van der Waals surface area (Å²) in [5.41, 5.74) is 0. The van der Waals surface area contributed by atoms with Crippen molar-refractivity contribution in [3.05, 3.63) is 0 Å². The van der Waals surface area contributed by atoms with Crippen LogP contribution in [0.3, 0.4) is 0 Å². The van der Waals surface area contributed by atoms with Gasteiger partial charge in [0.15, 0.2) is 12.4 Å². The Kier molecular flexibility index (Phi) is 9.33. The van der Waals surface area contributed by atoms with Crippen LogP contribution in [0.1, 0.15) is 13.8 Å². The molecule has 170 valence electrons. The van der Waals surface area contributed by atoms with E-state index >= 15 is 0 Å². The van der Waals surface area contributed by atoms with Gasteiger partial charge in [-0.3, -0.25) is 4.79 Å². The Morgan fingerprint density at radius 3 is 2.17 bits per heavy atom. The molecule has 0 aromatic heterocycles. The monoisotopic (exact) mass is 426 g/mol. The summed E-state index contributed by atoms with van der Waals surface area (Å²) in [5.74, 6) is -1.89. The van der Waals surface area contributed by atoms with Gasteiger partial charge in [-0.05, 0) is 6.92 Å². The van der Waals surface area contributed by atoms with Gasteiger partial charge >= 0.3 is 5.97 Å². The molecule has 13 heteroatoms.